The third-order valence-electron chi connectivity index (χ3n) is 6.56. The number of hydrogen-bond acceptors (Lipinski definition) is 10. The van der Waals surface area contributed by atoms with Crippen molar-refractivity contribution >= 4 is 60.6 Å². The van der Waals surface area contributed by atoms with Crippen molar-refractivity contribution in [2.75, 3.05) is 17.2 Å². The van der Waals surface area contributed by atoms with Gasteiger partial charge in [0.2, 0.25) is 0 Å². The molecule has 3 aromatic rings. The van der Waals surface area contributed by atoms with Gasteiger partial charge in [-0.1, -0.05) is 49.2 Å². The minimum atomic E-state index is -4.62. The van der Waals surface area contributed by atoms with Gasteiger partial charge >= 0.3 is 0 Å². The molecule has 218 valence electrons. The minimum Gasteiger partial charge on any atom is -0.344 e. The van der Waals surface area contributed by atoms with Crippen LogP contribution in [0.2, 0.25) is 0 Å². The standard InChI is InChI=1S/C27H28N2O9S3/c1-27(2)25(11-6-7-14-28-19-9-4-3-5-10-19)29(15-8-16-40(31,32)33)23-13-12-21-22(26(23)27)17-20(41(34,35)36)18-24(21)39-38-37-30/h3-7,9-14,17-18,30H,8,15-16H2,1-2H3,(H,31,32,33)(H,34,35,36)/b7-6+,25-11+,28-14?. The second-order valence-electron chi connectivity index (χ2n) is 9.64. The normalized spacial score (nSPS) is 16.4. The smallest absolute Gasteiger partial charge is 0.294 e. The van der Waals surface area contributed by atoms with Crippen molar-refractivity contribution in [2.24, 2.45) is 4.99 Å². The van der Waals surface area contributed by atoms with Crippen molar-refractivity contribution in [2.45, 2.75) is 35.5 Å². The predicted octanol–water partition coefficient (Wildman–Crippen LogP) is 5.73. The molecule has 1 aliphatic heterocycles. The molecule has 1 aliphatic rings. The first-order valence-corrected chi connectivity index (χ1v) is 16.0. The second-order valence-corrected chi connectivity index (χ2v) is 13.4. The molecule has 0 aromatic heterocycles. The Balaban J connectivity index is 1.85. The monoisotopic (exact) mass is 620 g/mol. The van der Waals surface area contributed by atoms with Crippen LogP contribution in [0.3, 0.4) is 0 Å². The van der Waals surface area contributed by atoms with E-state index in [1.807, 2.05) is 61.2 Å². The Labute approximate surface area is 242 Å². The molecular weight excluding hydrogens is 593 g/mol. The molecule has 0 bridgehead atoms. The molecule has 0 saturated heterocycles. The quantitative estimate of drug-likeness (QED) is 0.0788. The predicted molar refractivity (Wildman–Crippen MR) is 158 cm³/mol. The Morgan fingerprint density at radius 2 is 1.73 bits per heavy atom. The maximum Gasteiger partial charge on any atom is 0.294 e. The maximum atomic E-state index is 12.1. The van der Waals surface area contributed by atoms with Gasteiger partial charge in [-0.25, -0.2) is 5.26 Å². The Kier molecular flexibility index (Phi) is 9.35. The number of hydrogen-bond donors (Lipinski definition) is 3. The van der Waals surface area contributed by atoms with Crippen LogP contribution < -0.4 is 4.90 Å². The van der Waals surface area contributed by atoms with Gasteiger partial charge in [0.15, 0.2) is 0 Å². The molecule has 41 heavy (non-hydrogen) atoms. The van der Waals surface area contributed by atoms with Gasteiger partial charge in [0, 0.05) is 34.5 Å². The summed E-state index contributed by atoms with van der Waals surface area (Å²) in [5.74, 6) is -0.439. The van der Waals surface area contributed by atoms with Crippen LogP contribution in [0.4, 0.5) is 11.4 Å². The lowest BCUT2D eigenvalue weighted by Gasteiger charge is -2.27. The highest BCUT2D eigenvalue weighted by Gasteiger charge is 2.41. The Morgan fingerprint density at radius 3 is 2.39 bits per heavy atom. The van der Waals surface area contributed by atoms with Crippen LogP contribution in [-0.4, -0.2) is 49.7 Å². The summed E-state index contributed by atoms with van der Waals surface area (Å²) in [5, 5.41) is 13.4. The van der Waals surface area contributed by atoms with Crippen LogP contribution in [0, 0.1) is 0 Å². The molecule has 3 N–H and O–H groups in total. The first-order valence-electron chi connectivity index (χ1n) is 12.3. The molecule has 0 atom stereocenters. The van der Waals surface area contributed by atoms with E-state index in [1.165, 1.54) is 12.1 Å². The van der Waals surface area contributed by atoms with Crippen LogP contribution in [0.5, 0.6) is 0 Å². The summed E-state index contributed by atoms with van der Waals surface area (Å²) >= 11 is 0.565. The average Bonchev–Trinajstić information content (AvgIpc) is 3.12. The number of anilines is 1. The Morgan fingerprint density at radius 1 is 1.00 bits per heavy atom. The zero-order valence-electron chi connectivity index (χ0n) is 22.0. The van der Waals surface area contributed by atoms with Crippen molar-refractivity contribution in [1.82, 2.24) is 0 Å². The van der Waals surface area contributed by atoms with Crippen LogP contribution in [0.1, 0.15) is 25.8 Å². The topological polar surface area (TPSA) is 163 Å². The van der Waals surface area contributed by atoms with Crippen LogP contribution in [0.15, 0.2) is 93.3 Å². The lowest BCUT2D eigenvalue weighted by molar-refractivity contribution is -0.432. The SMILES string of the molecule is CC1(C)/C(=C\C=C\C=Nc2ccccc2)N(CCCS(=O)(=O)O)c2ccc3c(SOOO)cc(S(=O)(=O)O)cc3c21. The number of aliphatic imine (C=N–C) groups is 1. The van der Waals surface area contributed by atoms with E-state index in [0.29, 0.717) is 28.5 Å². The summed E-state index contributed by atoms with van der Waals surface area (Å²) in [7, 11) is -8.80. The highest BCUT2D eigenvalue weighted by atomic mass is 32.2. The zero-order valence-corrected chi connectivity index (χ0v) is 24.5. The average molecular weight is 621 g/mol. The first kappa shape index (κ1) is 30.9. The van der Waals surface area contributed by atoms with E-state index >= 15 is 0 Å². The number of fused-ring (bicyclic) bond motifs is 3. The van der Waals surface area contributed by atoms with E-state index in [9.17, 15) is 25.9 Å². The summed E-state index contributed by atoms with van der Waals surface area (Å²) in [4.78, 5) is 6.17. The van der Waals surface area contributed by atoms with Gasteiger partial charge in [-0.15, -0.1) is 4.33 Å². The van der Waals surface area contributed by atoms with Gasteiger partial charge < -0.3 is 4.90 Å². The van der Waals surface area contributed by atoms with Gasteiger partial charge in [-0.3, -0.25) is 14.1 Å². The fourth-order valence-electron chi connectivity index (χ4n) is 4.89. The molecule has 0 amide bonds. The van der Waals surface area contributed by atoms with Gasteiger partial charge in [0.25, 0.3) is 20.2 Å². The summed E-state index contributed by atoms with van der Waals surface area (Å²) in [6.45, 7) is 4.11. The number of benzene rings is 3. The van der Waals surface area contributed by atoms with E-state index in [2.05, 4.69) is 14.4 Å². The minimum absolute atomic E-state index is 0.122. The third kappa shape index (κ3) is 7.23. The number of allylic oxidation sites excluding steroid dienone is 4. The fourth-order valence-corrected chi connectivity index (χ4v) is 6.54. The van der Waals surface area contributed by atoms with E-state index in [-0.39, 0.29) is 22.8 Å². The first-order chi connectivity index (χ1) is 19.3. The third-order valence-corrected chi connectivity index (χ3v) is 8.85. The molecule has 11 nitrogen and oxygen atoms in total. The number of rotatable bonds is 11. The van der Waals surface area contributed by atoms with E-state index in [4.69, 9.17) is 5.26 Å². The van der Waals surface area contributed by atoms with Crippen molar-refractivity contribution in [1.29, 1.82) is 0 Å². The summed E-state index contributed by atoms with van der Waals surface area (Å²) in [6.07, 6.45) is 7.18. The second kappa shape index (κ2) is 12.4. The molecule has 0 unspecified atom stereocenters. The van der Waals surface area contributed by atoms with E-state index in [0.717, 1.165) is 16.9 Å². The van der Waals surface area contributed by atoms with E-state index in [1.54, 1.807) is 24.4 Å². The molecule has 0 radical (unpaired) electrons. The van der Waals surface area contributed by atoms with Gasteiger partial charge in [0.05, 0.1) is 28.4 Å². The molecule has 4 rings (SSSR count). The van der Waals surface area contributed by atoms with Gasteiger partial charge in [-0.2, -0.15) is 16.8 Å². The summed E-state index contributed by atoms with van der Waals surface area (Å²) in [6, 6.07) is 15.5. The molecule has 0 saturated carbocycles. The number of nitrogens with zero attached hydrogens (tertiary/aromatic N) is 2. The van der Waals surface area contributed by atoms with Gasteiger partial charge in [-0.05, 0) is 65.2 Å². The van der Waals surface area contributed by atoms with Crippen LogP contribution in [0.25, 0.3) is 10.8 Å². The Bertz CT molecular complexity index is 1730. The van der Waals surface area contributed by atoms with Crippen molar-refractivity contribution in [3.8, 4) is 0 Å². The molecule has 0 aliphatic carbocycles. The van der Waals surface area contributed by atoms with Crippen molar-refractivity contribution in [3.05, 3.63) is 84.1 Å². The molecule has 3 aromatic carbocycles. The highest BCUT2D eigenvalue weighted by Crippen LogP contribution is 2.52. The van der Waals surface area contributed by atoms with E-state index < -0.39 is 31.4 Å². The molecule has 0 fully saturated rings. The lowest BCUT2D eigenvalue weighted by atomic mass is 9.81. The van der Waals surface area contributed by atoms with Crippen LogP contribution in [-0.2, 0) is 35.0 Å². The van der Waals surface area contributed by atoms with Crippen LogP contribution >= 0.6 is 12.0 Å². The van der Waals surface area contributed by atoms with Crippen molar-refractivity contribution in [3.63, 3.8) is 0 Å². The zero-order chi connectivity index (χ0) is 29.8. The maximum absolute atomic E-state index is 12.1. The molecule has 14 heteroatoms. The highest BCUT2D eigenvalue weighted by molar-refractivity contribution is 7.94. The Hall–Kier alpha value is -3.08. The lowest BCUT2D eigenvalue weighted by Crippen LogP contribution is -2.28. The fraction of sp³-hybridized carbons (Fsp3) is 0.222. The molecule has 1 heterocycles. The van der Waals surface area contributed by atoms with Gasteiger partial charge in [0.1, 0.15) is 0 Å². The van der Waals surface area contributed by atoms with Crippen molar-refractivity contribution < 1.29 is 40.6 Å². The number of para-hydroxylation sites is 1. The largest absolute Gasteiger partial charge is 0.344 e. The molecule has 0 spiro atoms. The summed E-state index contributed by atoms with van der Waals surface area (Å²) < 4.78 is 70.8. The molecular formula is C27H28N2O9S3. The summed E-state index contributed by atoms with van der Waals surface area (Å²) in [5.41, 5.74) is 2.24.